The van der Waals surface area contributed by atoms with E-state index in [-0.39, 0.29) is 34.7 Å². The minimum absolute atomic E-state index is 0.00523. The summed E-state index contributed by atoms with van der Waals surface area (Å²) in [6.45, 7) is 15.8. The molecule has 192 valence electrons. The molecule has 3 N–H and O–H groups in total. The third-order valence-electron chi connectivity index (χ3n) is 13.4. The number of hydrogen-bond acceptors (Lipinski definition) is 3. The Morgan fingerprint density at radius 1 is 0.912 bits per heavy atom. The Bertz CT molecular complexity index is 883. The molecule has 0 aromatic carbocycles. The first kappa shape index (κ1) is 24.8. The van der Waals surface area contributed by atoms with E-state index in [0.717, 1.165) is 51.4 Å². The van der Waals surface area contributed by atoms with E-state index < -0.39 is 22.9 Å². The molecule has 0 radical (unpaired) electrons. The van der Waals surface area contributed by atoms with Crippen LogP contribution >= 0.6 is 0 Å². The first-order valence-corrected chi connectivity index (χ1v) is 14.0. The lowest BCUT2D eigenvalue weighted by atomic mass is 9.32. The highest BCUT2D eigenvalue weighted by molar-refractivity contribution is 5.77. The van der Waals surface area contributed by atoms with Gasteiger partial charge in [-0.2, -0.15) is 0 Å². The van der Waals surface area contributed by atoms with Crippen LogP contribution in [0.1, 0.15) is 98.8 Å². The van der Waals surface area contributed by atoms with Gasteiger partial charge in [-0.1, -0.05) is 39.8 Å². The topological polar surface area (TPSA) is 77.8 Å². The molecule has 5 saturated carbocycles. The van der Waals surface area contributed by atoms with Crippen LogP contribution in [0.5, 0.6) is 0 Å². The summed E-state index contributed by atoms with van der Waals surface area (Å²) < 4.78 is 0. The molecule has 11 atom stereocenters. The Labute approximate surface area is 206 Å². The van der Waals surface area contributed by atoms with Crippen molar-refractivity contribution in [3.05, 3.63) is 12.2 Å². The fourth-order valence-corrected chi connectivity index (χ4v) is 11.7. The molecule has 0 aliphatic heterocycles. The summed E-state index contributed by atoms with van der Waals surface area (Å²) in [5.41, 5.74) is 0.0113. The van der Waals surface area contributed by atoms with Crippen molar-refractivity contribution in [2.75, 3.05) is 6.61 Å². The minimum Gasteiger partial charge on any atom is -0.481 e. The van der Waals surface area contributed by atoms with E-state index >= 15 is 0 Å². The molecule has 0 aromatic rings. The molecule has 0 amide bonds. The molecule has 34 heavy (non-hydrogen) atoms. The van der Waals surface area contributed by atoms with Gasteiger partial charge in [0.2, 0.25) is 0 Å². The van der Waals surface area contributed by atoms with Crippen molar-refractivity contribution >= 4 is 5.97 Å². The van der Waals surface area contributed by atoms with Crippen LogP contribution in [0.4, 0.5) is 0 Å². The van der Waals surface area contributed by atoms with Gasteiger partial charge in [-0.15, -0.1) is 0 Å². The number of aliphatic hydroxyl groups excluding tert-OH is 2. The summed E-state index contributed by atoms with van der Waals surface area (Å²) in [4.78, 5) is 13.5. The van der Waals surface area contributed by atoms with Gasteiger partial charge in [-0.05, 0) is 117 Å². The molecule has 11 unspecified atom stereocenters. The average molecular weight is 473 g/mol. The number of fused-ring (bicyclic) bond motifs is 7. The summed E-state index contributed by atoms with van der Waals surface area (Å²) in [5.74, 6) is 1.09. The van der Waals surface area contributed by atoms with Crippen molar-refractivity contribution in [1.29, 1.82) is 0 Å². The zero-order valence-electron chi connectivity index (χ0n) is 22.2. The highest BCUT2D eigenvalue weighted by atomic mass is 16.4. The van der Waals surface area contributed by atoms with E-state index in [1.807, 2.05) is 0 Å². The number of aliphatic hydroxyl groups is 2. The molecule has 0 spiro atoms. The average Bonchev–Trinajstić information content (AvgIpc) is 3.14. The third-order valence-corrected chi connectivity index (χ3v) is 13.4. The molecular formula is C30H48O4. The van der Waals surface area contributed by atoms with Crippen molar-refractivity contribution in [2.45, 2.75) is 105 Å². The lowest BCUT2D eigenvalue weighted by molar-refractivity contribution is -0.258. The number of rotatable bonds is 3. The van der Waals surface area contributed by atoms with Crippen LogP contribution in [-0.4, -0.2) is 34.0 Å². The summed E-state index contributed by atoms with van der Waals surface area (Å²) >= 11 is 0. The van der Waals surface area contributed by atoms with Gasteiger partial charge in [0.25, 0.3) is 0 Å². The molecule has 5 rings (SSSR count). The Balaban J connectivity index is 1.61. The lowest BCUT2D eigenvalue weighted by Gasteiger charge is -2.72. The number of aliphatic carboxylic acids is 1. The first-order chi connectivity index (χ1) is 15.8. The third kappa shape index (κ3) is 2.76. The van der Waals surface area contributed by atoms with E-state index in [9.17, 15) is 20.1 Å². The van der Waals surface area contributed by atoms with E-state index in [1.165, 1.54) is 12.0 Å². The predicted molar refractivity (Wildman–Crippen MR) is 134 cm³/mol. The molecule has 5 aliphatic carbocycles. The number of hydrogen-bond donors (Lipinski definition) is 3. The second kappa shape index (κ2) is 7.57. The van der Waals surface area contributed by atoms with Gasteiger partial charge in [0, 0.05) is 5.41 Å². The summed E-state index contributed by atoms with van der Waals surface area (Å²) in [6, 6.07) is 0. The molecular weight excluding hydrogens is 424 g/mol. The smallest absolute Gasteiger partial charge is 0.310 e. The van der Waals surface area contributed by atoms with Gasteiger partial charge in [-0.3, -0.25) is 4.79 Å². The maximum atomic E-state index is 13.5. The normalized spacial score (nSPS) is 56.6. The van der Waals surface area contributed by atoms with E-state index in [0.29, 0.717) is 24.2 Å². The van der Waals surface area contributed by atoms with Crippen LogP contribution in [-0.2, 0) is 4.79 Å². The molecule has 0 bridgehead atoms. The van der Waals surface area contributed by atoms with Crippen molar-refractivity contribution in [3.8, 4) is 0 Å². The summed E-state index contributed by atoms with van der Waals surface area (Å²) in [6.07, 6.45) is 9.22. The van der Waals surface area contributed by atoms with Crippen LogP contribution < -0.4 is 0 Å². The highest BCUT2D eigenvalue weighted by Crippen LogP contribution is 2.77. The standard InChI is InChI=1S/C30H48O4/c1-18(2)19-9-12-26(3)15-16-30(25(33)34)20(24(19)26)7-8-22-27(4)13-11-23(32)28(5,17-31)21(27)10-14-29(22,30)6/h19-24,31-32H,1,7-17H2,2-6H3,(H,33,34). The summed E-state index contributed by atoms with van der Waals surface area (Å²) in [7, 11) is 0. The summed E-state index contributed by atoms with van der Waals surface area (Å²) in [5, 5.41) is 32.5. The lowest BCUT2D eigenvalue weighted by Crippen LogP contribution is -2.69. The molecule has 5 fully saturated rings. The van der Waals surface area contributed by atoms with Crippen LogP contribution in [0.15, 0.2) is 12.2 Å². The van der Waals surface area contributed by atoms with Gasteiger partial charge in [0.1, 0.15) is 0 Å². The fraction of sp³-hybridized carbons (Fsp3) is 0.900. The maximum Gasteiger partial charge on any atom is 0.310 e. The van der Waals surface area contributed by atoms with Crippen molar-refractivity contribution < 1.29 is 20.1 Å². The van der Waals surface area contributed by atoms with E-state index in [2.05, 4.69) is 41.2 Å². The molecule has 5 aliphatic rings. The van der Waals surface area contributed by atoms with Gasteiger partial charge in [0.15, 0.2) is 0 Å². The second-order valence-corrected chi connectivity index (χ2v) is 14.4. The molecule has 0 aromatic heterocycles. The number of allylic oxidation sites excluding steroid dienone is 1. The molecule has 0 saturated heterocycles. The number of carboxylic acids is 1. The van der Waals surface area contributed by atoms with E-state index in [1.54, 1.807) is 0 Å². The second-order valence-electron chi connectivity index (χ2n) is 14.4. The van der Waals surface area contributed by atoms with Crippen molar-refractivity contribution in [3.63, 3.8) is 0 Å². The number of carbonyl (C=O) groups is 1. The van der Waals surface area contributed by atoms with Crippen LogP contribution in [0, 0.1) is 56.7 Å². The molecule has 4 nitrogen and oxygen atoms in total. The first-order valence-electron chi connectivity index (χ1n) is 14.0. The molecule has 4 heteroatoms. The Kier molecular flexibility index (Phi) is 5.52. The van der Waals surface area contributed by atoms with Crippen LogP contribution in [0.2, 0.25) is 0 Å². The fourth-order valence-electron chi connectivity index (χ4n) is 11.7. The maximum absolute atomic E-state index is 13.5. The zero-order chi connectivity index (χ0) is 24.9. The van der Waals surface area contributed by atoms with Gasteiger partial charge < -0.3 is 15.3 Å². The predicted octanol–water partition coefficient (Wildman–Crippen LogP) is 6.06. The van der Waals surface area contributed by atoms with Crippen LogP contribution in [0.3, 0.4) is 0 Å². The SMILES string of the molecule is C=C(C)C1CCC2(C)CCC3(C(=O)O)C(CCC4C5(C)CCC(O)C(C)(CO)C5CCC43C)C12. The quantitative estimate of drug-likeness (QED) is 0.436. The number of carboxylic acid groups (broad SMARTS) is 1. The highest BCUT2D eigenvalue weighted by Gasteiger charge is 2.74. The van der Waals surface area contributed by atoms with Crippen molar-refractivity contribution in [1.82, 2.24) is 0 Å². The zero-order valence-corrected chi connectivity index (χ0v) is 22.2. The van der Waals surface area contributed by atoms with Gasteiger partial charge in [-0.25, -0.2) is 0 Å². The Hall–Kier alpha value is -0.870. The van der Waals surface area contributed by atoms with Crippen LogP contribution in [0.25, 0.3) is 0 Å². The van der Waals surface area contributed by atoms with Gasteiger partial charge >= 0.3 is 5.97 Å². The minimum atomic E-state index is -0.683. The van der Waals surface area contributed by atoms with Crippen molar-refractivity contribution in [2.24, 2.45) is 56.7 Å². The monoisotopic (exact) mass is 472 g/mol. The van der Waals surface area contributed by atoms with Gasteiger partial charge in [0.05, 0.1) is 18.1 Å². The van der Waals surface area contributed by atoms with E-state index in [4.69, 9.17) is 0 Å². The Morgan fingerprint density at radius 2 is 1.62 bits per heavy atom. The largest absolute Gasteiger partial charge is 0.481 e. The Morgan fingerprint density at radius 3 is 2.24 bits per heavy atom. The molecule has 0 heterocycles.